The van der Waals surface area contributed by atoms with Gasteiger partial charge in [0.15, 0.2) is 5.78 Å². The van der Waals surface area contributed by atoms with Crippen LogP contribution in [0.5, 0.6) is 0 Å². The van der Waals surface area contributed by atoms with E-state index in [1.165, 1.54) is 31.4 Å². The highest BCUT2D eigenvalue weighted by Crippen LogP contribution is 2.46. The molecule has 1 aliphatic heterocycles. The van der Waals surface area contributed by atoms with Gasteiger partial charge in [-0.05, 0) is 48.7 Å². The number of Topliss-reactive ketones (excluding diaryl/α,β-unsaturated/α-hetero) is 1. The molecule has 1 aromatic heterocycles. The van der Waals surface area contributed by atoms with Crippen LogP contribution < -0.4 is 15.8 Å². The molecule has 32 heavy (non-hydrogen) atoms. The van der Waals surface area contributed by atoms with Crippen molar-refractivity contribution in [3.63, 3.8) is 0 Å². The summed E-state index contributed by atoms with van der Waals surface area (Å²) in [4.78, 5) is 31.7. The maximum atomic E-state index is 13.1. The molecule has 1 aromatic carbocycles. The fourth-order valence-electron chi connectivity index (χ4n) is 4.26. The molecule has 0 radical (unpaired) electrons. The van der Waals surface area contributed by atoms with Crippen LogP contribution in [0.15, 0.2) is 76.4 Å². The van der Waals surface area contributed by atoms with E-state index in [0.717, 1.165) is 0 Å². The molecule has 4 rings (SSSR count). The molecule has 0 spiro atoms. The smallest absolute Gasteiger partial charge is 0.338 e. The zero-order chi connectivity index (χ0) is 23.0. The van der Waals surface area contributed by atoms with Crippen molar-refractivity contribution < 1.29 is 22.7 Å². The first-order chi connectivity index (χ1) is 15.2. The van der Waals surface area contributed by atoms with Crippen molar-refractivity contribution in [2.75, 3.05) is 12.0 Å². The standard InChI is InChI=1S/C22H22N4O5S/c1-31-22(28)20-18(13-4-3-11-25-12-13)19-16(5-2-6-17(19)27)26(21(20)23)14-7-9-15(10-8-14)32(24,29)30/h3-4,7-12,18H,2,5-6,23H2,1H3,(H2,24,29,30). The number of nitrogens with zero attached hydrogens (tertiary/aromatic N) is 2. The summed E-state index contributed by atoms with van der Waals surface area (Å²) in [5.41, 5.74) is 8.96. The summed E-state index contributed by atoms with van der Waals surface area (Å²) in [5, 5.41) is 5.20. The lowest BCUT2D eigenvalue weighted by molar-refractivity contribution is -0.136. The molecule has 0 saturated carbocycles. The number of carbonyl (C=O) groups is 2. The van der Waals surface area contributed by atoms with Crippen molar-refractivity contribution in [3.8, 4) is 0 Å². The molecular weight excluding hydrogens is 432 g/mol. The molecule has 1 unspecified atom stereocenters. The highest BCUT2D eigenvalue weighted by atomic mass is 32.2. The lowest BCUT2D eigenvalue weighted by atomic mass is 9.75. The van der Waals surface area contributed by atoms with Crippen LogP contribution in [-0.4, -0.2) is 32.3 Å². The van der Waals surface area contributed by atoms with Gasteiger partial charge in [-0.25, -0.2) is 18.4 Å². The first-order valence-electron chi connectivity index (χ1n) is 9.91. The molecule has 1 aliphatic carbocycles. The van der Waals surface area contributed by atoms with Gasteiger partial charge >= 0.3 is 5.97 Å². The summed E-state index contributed by atoms with van der Waals surface area (Å²) < 4.78 is 28.3. The Morgan fingerprint density at radius 1 is 1.19 bits per heavy atom. The quantitative estimate of drug-likeness (QED) is 0.664. The highest BCUT2D eigenvalue weighted by molar-refractivity contribution is 7.89. The Morgan fingerprint density at radius 3 is 2.50 bits per heavy atom. The average molecular weight is 455 g/mol. The van der Waals surface area contributed by atoms with E-state index in [9.17, 15) is 18.0 Å². The molecule has 2 aliphatic rings. The van der Waals surface area contributed by atoms with Gasteiger partial charge in [-0.1, -0.05) is 6.07 Å². The van der Waals surface area contributed by atoms with Crippen molar-refractivity contribution >= 4 is 27.5 Å². The van der Waals surface area contributed by atoms with Crippen molar-refractivity contribution in [2.45, 2.75) is 30.1 Å². The first-order valence-corrected chi connectivity index (χ1v) is 11.5. The van der Waals surface area contributed by atoms with Gasteiger partial charge in [0.25, 0.3) is 0 Å². The van der Waals surface area contributed by atoms with Crippen LogP contribution >= 0.6 is 0 Å². The number of primary sulfonamides is 1. The van der Waals surface area contributed by atoms with E-state index in [-0.39, 0.29) is 22.1 Å². The van der Waals surface area contributed by atoms with Crippen LogP contribution in [0, 0.1) is 0 Å². The summed E-state index contributed by atoms with van der Waals surface area (Å²) in [6.07, 6.45) is 4.74. The summed E-state index contributed by atoms with van der Waals surface area (Å²) in [5.74, 6) is -1.34. The van der Waals surface area contributed by atoms with Crippen LogP contribution in [0.2, 0.25) is 0 Å². The largest absolute Gasteiger partial charge is 0.466 e. The fourth-order valence-corrected chi connectivity index (χ4v) is 4.77. The number of allylic oxidation sites excluding steroid dienone is 2. The fraction of sp³-hybridized carbons (Fsp3) is 0.227. The molecule has 0 fully saturated rings. The number of esters is 1. The number of ketones is 1. The number of aromatic nitrogens is 1. The summed E-state index contributed by atoms with van der Waals surface area (Å²) in [6, 6.07) is 9.30. The van der Waals surface area contributed by atoms with Gasteiger partial charge in [0.05, 0.1) is 23.5 Å². The van der Waals surface area contributed by atoms with E-state index >= 15 is 0 Å². The predicted molar refractivity (Wildman–Crippen MR) is 116 cm³/mol. The average Bonchev–Trinajstić information content (AvgIpc) is 2.78. The number of benzene rings is 1. The molecule has 0 saturated heterocycles. The summed E-state index contributed by atoms with van der Waals surface area (Å²) >= 11 is 0. The van der Waals surface area contributed by atoms with Gasteiger partial charge in [-0.15, -0.1) is 0 Å². The second-order valence-electron chi connectivity index (χ2n) is 7.52. The zero-order valence-corrected chi connectivity index (χ0v) is 18.1. The first kappa shape index (κ1) is 21.7. The number of carbonyl (C=O) groups excluding carboxylic acids is 2. The Kier molecular flexibility index (Phi) is 5.57. The van der Waals surface area contributed by atoms with Gasteiger partial charge in [-0.3, -0.25) is 14.7 Å². The number of nitrogens with two attached hydrogens (primary N) is 2. The molecule has 166 valence electrons. The van der Waals surface area contributed by atoms with Gasteiger partial charge in [-0.2, -0.15) is 0 Å². The Labute approximate surface area is 185 Å². The monoisotopic (exact) mass is 454 g/mol. The van der Waals surface area contributed by atoms with E-state index in [1.54, 1.807) is 29.4 Å². The van der Waals surface area contributed by atoms with E-state index in [1.807, 2.05) is 0 Å². The molecular formula is C22H22N4O5S. The van der Waals surface area contributed by atoms with Gasteiger partial charge in [0.2, 0.25) is 10.0 Å². The third kappa shape index (κ3) is 3.67. The number of hydrogen-bond donors (Lipinski definition) is 2. The molecule has 10 heteroatoms. The van der Waals surface area contributed by atoms with Crippen LogP contribution in [0.25, 0.3) is 0 Å². The SMILES string of the molecule is COC(=O)C1=C(N)N(c2ccc(S(N)(=O)=O)cc2)C2=C(C(=O)CCC2)C1c1cccnc1. The maximum absolute atomic E-state index is 13.1. The lowest BCUT2D eigenvalue weighted by Crippen LogP contribution is -2.41. The summed E-state index contributed by atoms with van der Waals surface area (Å²) in [6.45, 7) is 0. The van der Waals surface area contributed by atoms with E-state index < -0.39 is 21.9 Å². The van der Waals surface area contributed by atoms with Gasteiger partial charge in [0.1, 0.15) is 5.82 Å². The third-order valence-corrected chi connectivity index (χ3v) is 6.57. The van der Waals surface area contributed by atoms with Crippen molar-refractivity contribution in [1.29, 1.82) is 0 Å². The van der Waals surface area contributed by atoms with Crippen molar-refractivity contribution in [1.82, 2.24) is 4.98 Å². The molecule has 0 bridgehead atoms. The Balaban J connectivity index is 1.96. The lowest BCUT2D eigenvalue weighted by Gasteiger charge is -2.40. The zero-order valence-electron chi connectivity index (χ0n) is 17.3. The number of pyridine rings is 1. The Morgan fingerprint density at radius 2 is 1.91 bits per heavy atom. The molecule has 2 heterocycles. The number of hydrogen-bond acceptors (Lipinski definition) is 8. The van der Waals surface area contributed by atoms with Crippen LogP contribution in [0.3, 0.4) is 0 Å². The normalized spacial score (nSPS) is 19.1. The Hall–Kier alpha value is -3.50. The van der Waals surface area contributed by atoms with E-state index in [2.05, 4.69) is 4.98 Å². The minimum atomic E-state index is -3.88. The molecule has 4 N–H and O–H groups in total. The van der Waals surface area contributed by atoms with E-state index in [4.69, 9.17) is 15.6 Å². The maximum Gasteiger partial charge on any atom is 0.338 e. The number of sulfonamides is 1. The number of rotatable bonds is 4. The number of methoxy groups -OCH3 is 1. The van der Waals surface area contributed by atoms with Crippen LogP contribution in [0.4, 0.5) is 5.69 Å². The van der Waals surface area contributed by atoms with Gasteiger partial charge < -0.3 is 10.5 Å². The van der Waals surface area contributed by atoms with Gasteiger partial charge in [0, 0.05) is 35.8 Å². The molecule has 9 nitrogen and oxygen atoms in total. The second kappa shape index (κ2) is 8.21. The predicted octanol–water partition coefficient (Wildman–Crippen LogP) is 1.68. The van der Waals surface area contributed by atoms with Crippen molar-refractivity contribution in [2.24, 2.45) is 10.9 Å². The topological polar surface area (TPSA) is 146 Å². The third-order valence-electron chi connectivity index (χ3n) is 5.64. The minimum absolute atomic E-state index is 0.0591. The Bertz CT molecular complexity index is 1250. The van der Waals surface area contributed by atoms with Crippen LogP contribution in [-0.2, 0) is 24.3 Å². The molecule has 2 aromatic rings. The highest BCUT2D eigenvalue weighted by Gasteiger charge is 2.43. The minimum Gasteiger partial charge on any atom is -0.466 e. The number of anilines is 1. The molecule has 1 atom stereocenters. The molecule has 0 amide bonds. The van der Waals surface area contributed by atoms with Crippen LogP contribution in [0.1, 0.15) is 30.7 Å². The van der Waals surface area contributed by atoms with E-state index in [0.29, 0.717) is 41.8 Å². The number of ether oxygens (including phenoxy) is 1. The van der Waals surface area contributed by atoms with Crippen molar-refractivity contribution in [3.05, 3.63) is 77.0 Å². The summed E-state index contributed by atoms with van der Waals surface area (Å²) in [7, 11) is -2.63. The second-order valence-corrected chi connectivity index (χ2v) is 9.08.